The number of nitrogens with zero attached hydrogens (tertiary/aromatic N) is 2. The minimum atomic E-state index is -0.410. The lowest BCUT2D eigenvalue weighted by Gasteiger charge is -2.08. The van der Waals surface area contributed by atoms with Gasteiger partial charge in [-0.15, -0.1) is 0 Å². The van der Waals surface area contributed by atoms with Crippen molar-refractivity contribution < 1.29 is 4.92 Å². The van der Waals surface area contributed by atoms with Gasteiger partial charge >= 0.3 is 0 Å². The zero-order chi connectivity index (χ0) is 13.8. The van der Waals surface area contributed by atoms with Crippen LogP contribution in [0.4, 0.5) is 11.4 Å². The number of hydrogen-bond acceptors (Lipinski definition) is 4. The Morgan fingerprint density at radius 1 is 1.42 bits per heavy atom. The molecule has 1 aromatic carbocycles. The zero-order valence-electron chi connectivity index (χ0n) is 9.64. The lowest BCUT2D eigenvalue weighted by molar-refractivity contribution is -0.385. The molecule has 19 heavy (non-hydrogen) atoms. The van der Waals surface area contributed by atoms with Crippen LogP contribution in [0.3, 0.4) is 0 Å². The monoisotopic (exact) mass is 341 g/mol. The summed E-state index contributed by atoms with van der Waals surface area (Å²) in [6.45, 7) is 0.301. The Kier molecular flexibility index (Phi) is 4.34. The average Bonchev–Trinajstić information content (AvgIpc) is 2.38. The molecule has 0 bridgehead atoms. The first-order chi connectivity index (χ1) is 9.08. The molecule has 0 spiro atoms. The smallest absolute Gasteiger partial charge is 0.275 e. The van der Waals surface area contributed by atoms with E-state index in [1.54, 1.807) is 30.5 Å². The Bertz CT molecular complexity index is 622. The van der Waals surface area contributed by atoms with E-state index in [9.17, 15) is 10.1 Å². The molecule has 5 nitrogen and oxygen atoms in total. The molecule has 98 valence electrons. The van der Waals surface area contributed by atoms with Crippen LogP contribution in [0, 0.1) is 10.1 Å². The van der Waals surface area contributed by atoms with E-state index >= 15 is 0 Å². The minimum absolute atomic E-state index is 0.0573. The number of nitro groups is 1. The highest BCUT2D eigenvalue weighted by Crippen LogP contribution is 2.25. The van der Waals surface area contributed by atoms with E-state index in [1.807, 2.05) is 0 Å². The maximum Gasteiger partial charge on any atom is 0.275 e. The van der Waals surface area contributed by atoms with Gasteiger partial charge in [-0.3, -0.25) is 10.1 Å². The number of benzene rings is 1. The van der Waals surface area contributed by atoms with E-state index in [0.717, 1.165) is 0 Å². The quantitative estimate of drug-likeness (QED) is 0.518. The van der Waals surface area contributed by atoms with Crippen molar-refractivity contribution in [2.75, 3.05) is 5.32 Å². The summed E-state index contributed by atoms with van der Waals surface area (Å²) in [5.74, 6) is 0. The molecule has 2 aromatic rings. The van der Waals surface area contributed by atoms with Crippen LogP contribution in [0.25, 0.3) is 0 Å². The van der Waals surface area contributed by atoms with E-state index < -0.39 is 4.92 Å². The van der Waals surface area contributed by atoms with Gasteiger partial charge in [0.2, 0.25) is 0 Å². The predicted molar refractivity (Wildman–Crippen MR) is 77.4 cm³/mol. The second-order valence-electron chi connectivity index (χ2n) is 3.73. The molecule has 0 unspecified atom stereocenters. The summed E-state index contributed by atoms with van der Waals surface area (Å²) in [6.07, 6.45) is 1.58. The molecular formula is C12H9BrClN3O2. The lowest BCUT2D eigenvalue weighted by atomic mass is 10.2. The van der Waals surface area contributed by atoms with Crippen LogP contribution >= 0.6 is 27.5 Å². The summed E-state index contributed by atoms with van der Waals surface area (Å²) >= 11 is 9.12. The summed E-state index contributed by atoms with van der Waals surface area (Å²) in [6, 6.07) is 8.43. The van der Waals surface area contributed by atoms with Crippen molar-refractivity contribution in [2.45, 2.75) is 6.54 Å². The van der Waals surface area contributed by atoms with Gasteiger partial charge in [0.15, 0.2) is 5.15 Å². The molecule has 0 aliphatic rings. The van der Waals surface area contributed by atoms with Crippen molar-refractivity contribution >= 4 is 38.9 Å². The molecule has 0 atom stereocenters. The van der Waals surface area contributed by atoms with Crippen LogP contribution < -0.4 is 5.32 Å². The standard InChI is InChI=1S/C12H9BrClN3O2/c13-9-4-3-8(11(6-9)17(18)19)7-16-10-2-1-5-15-12(10)14/h1-6,16H,7H2. The van der Waals surface area contributed by atoms with Gasteiger partial charge in [0.25, 0.3) is 5.69 Å². The number of nitro benzene ring substituents is 1. The molecular weight excluding hydrogens is 334 g/mol. The Hall–Kier alpha value is -1.66. The van der Waals surface area contributed by atoms with Crippen LogP contribution in [-0.4, -0.2) is 9.91 Å². The number of aromatic nitrogens is 1. The predicted octanol–water partition coefficient (Wildman–Crippen LogP) is 4.02. The second kappa shape index (κ2) is 5.99. The van der Waals surface area contributed by atoms with Gasteiger partial charge < -0.3 is 5.32 Å². The van der Waals surface area contributed by atoms with Gasteiger partial charge in [-0.05, 0) is 24.3 Å². The van der Waals surface area contributed by atoms with Crippen LogP contribution in [0.15, 0.2) is 41.0 Å². The van der Waals surface area contributed by atoms with E-state index in [1.165, 1.54) is 6.07 Å². The fraction of sp³-hybridized carbons (Fsp3) is 0.0833. The molecule has 0 saturated heterocycles. The average molecular weight is 343 g/mol. The molecule has 0 aliphatic heterocycles. The van der Waals surface area contributed by atoms with E-state index in [4.69, 9.17) is 11.6 Å². The SMILES string of the molecule is O=[N+]([O-])c1cc(Br)ccc1CNc1cccnc1Cl. The van der Waals surface area contributed by atoms with Crippen molar-refractivity contribution in [3.8, 4) is 0 Å². The number of nitrogens with one attached hydrogen (secondary N) is 1. The first kappa shape index (κ1) is 13.8. The van der Waals surface area contributed by atoms with Crippen molar-refractivity contribution in [2.24, 2.45) is 0 Å². The second-order valence-corrected chi connectivity index (χ2v) is 5.00. The number of hydrogen-bond donors (Lipinski definition) is 1. The third-order valence-electron chi connectivity index (χ3n) is 2.47. The molecule has 0 radical (unpaired) electrons. The fourth-order valence-corrected chi connectivity index (χ4v) is 2.10. The summed E-state index contributed by atoms with van der Waals surface area (Å²) in [5.41, 5.74) is 1.27. The molecule has 0 amide bonds. The van der Waals surface area contributed by atoms with Gasteiger partial charge in [-0.25, -0.2) is 4.98 Å². The Morgan fingerprint density at radius 2 is 2.21 bits per heavy atom. The Labute approximate surface area is 122 Å². The minimum Gasteiger partial charge on any atom is -0.378 e. The van der Waals surface area contributed by atoms with Crippen LogP contribution in [0.2, 0.25) is 5.15 Å². The van der Waals surface area contributed by atoms with Crippen molar-refractivity contribution in [3.05, 3.63) is 61.8 Å². The van der Waals surface area contributed by atoms with Crippen molar-refractivity contribution in [3.63, 3.8) is 0 Å². The first-order valence-corrected chi connectivity index (χ1v) is 6.52. The molecule has 7 heteroatoms. The van der Waals surface area contributed by atoms with E-state index in [-0.39, 0.29) is 5.69 Å². The third-order valence-corrected chi connectivity index (χ3v) is 3.27. The summed E-state index contributed by atoms with van der Waals surface area (Å²) in [7, 11) is 0. The molecule has 0 aliphatic carbocycles. The van der Waals surface area contributed by atoms with Gasteiger partial charge in [-0.1, -0.05) is 27.5 Å². The fourth-order valence-electron chi connectivity index (χ4n) is 1.56. The molecule has 2 rings (SSSR count). The summed E-state index contributed by atoms with van der Waals surface area (Å²) in [4.78, 5) is 14.5. The maximum absolute atomic E-state index is 11.0. The maximum atomic E-state index is 11.0. The number of rotatable bonds is 4. The molecule has 0 saturated carbocycles. The van der Waals surface area contributed by atoms with Gasteiger partial charge in [0.05, 0.1) is 10.6 Å². The first-order valence-electron chi connectivity index (χ1n) is 5.35. The highest BCUT2D eigenvalue weighted by atomic mass is 79.9. The third kappa shape index (κ3) is 3.42. The van der Waals surface area contributed by atoms with Gasteiger partial charge in [0, 0.05) is 28.8 Å². The molecule has 1 aromatic heterocycles. The summed E-state index contributed by atoms with van der Waals surface area (Å²) in [5, 5.41) is 14.3. The summed E-state index contributed by atoms with van der Waals surface area (Å²) < 4.78 is 0.669. The largest absolute Gasteiger partial charge is 0.378 e. The normalized spacial score (nSPS) is 10.2. The zero-order valence-corrected chi connectivity index (χ0v) is 12.0. The van der Waals surface area contributed by atoms with E-state index in [0.29, 0.717) is 27.4 Å². The van der Waals surface area contributed by atoms with Crippen LogP contribution in [0.5, 0.6) is 0 Å². The molecule has 0 fully saturated rings. The molecule has 1 N–H and O–H groups in total. The topological polar surface area (TPSA) is 68.1 Å². The highest BCUT2D eigenvalue weighted by molar-refractivity contribution is 9.10. The molecule has 1 heterocycles. The van der Waals surface area contributed by atoms with Gasteiger partial charge in [-0.2, -0.15) is 0 Å². The van der Waals surface area contributed by atoms with E-state index in [2.05, 4.69) is 26.2 Å². The van der Waals surface area contributed by atoms with Crippen LogP contribution in [0.1, 0.15) is 5.56 Å². The lowest BCUT2D eigenvalue weighted by Crippen LogP contribution is -2.03. The number of halogens is 2. The van der Waals surface area contributed by atoms with Crippen molar-refractivity contribution in [1.82, 2.24) is 4.98 Å². The van der Waals surface area contributed by atoms with Crippen LogP contribution in [-0.2, 0) is 6.54 Å². The van der Waals surface area contributed by atoms with Gasteiger partial charge in [0.1, 0.15) is 0 Å². The number of pyridine rings is 1. The van der Waals surface area contributed by atoms with Crippen molar-refractivity contribution in [1.29, 1.82) is 0 Å². The number of anilines is 1. The Balaban J connectivity index is 2.20. The Morgan fingerprint density at radius 3 is 2.89 bits per heavy atom. The highest BCUT2D eigenvalue weighted by Gasteiger charge is 2.14.